The summed E-state index contributed by atoms with van der Waals surface area (Å²) in [6.45, 7) is 12.9. The molecule has 0 radical (unpaired) electrons. The van der Waals surface area contributed by atoms with E-state index in [4.69, 9.17) is 14.4 Å². The first-order valence-electron chi connectivity index (χ1n) is 13.8. The number of hydroxylamine groups is 2. The summed E-state index contributed by atoms with van der Waals surface area (Å²) in [4.78, 5) is 56.9. The molecule has 2 unspecified atom stereocenters. The molecule has 13 heteroatoms. The van der Waals surface area contributed by atoms with Crippen molar-refractivity contribution < 1.29 is 33.9 Å². The molecule has 1 N–H and O–H groups in total. The Bertz CT molecular complexity index is 1020. The highest BCUT2D eigenvalue weighted by molar-refractivity contribution is 7.99. The van der Waals surface area contributed by atoms with Gasteiger partial charge in [-0.05, 0) is 43.5 Å². The van der Waals surface area contributed by atoms with E-state index in [1.54, 1.807) is 4.90 Å². The van der Waals surface area contributed by atoms with Crippen LogP contribution in [0.5, 0.6) is 0 Å². The fraction of sp³-hybridized carbons (Fsp3) is 0.630. The maximum Gasteiger partial charge on any atom is 0.367 e. The molecule has 0 aromatic heterocycles. The Kier molecular flexibility index (Phi) is 12.0. The van der Waals surface area contributed by atoms with Crippen LogP contribution in [0.15, 0.2) is 40.4 Å². The molecule has 40 heavy (non-hydrogen) atoms. The van der Waals surface area contributed by atoms with Gasteiger partial charge in [0.15, 0.2) is 11.8 Å². The normalized spacial score (nSPS) is 23.3. The molecule has 2 aliphatic heterocycles. The molecule has 0 saturated carbocycles. The molecular weight excluding hydrogens is 538 g/mol. The second-order valence-corrected chi connectivity index (χ2v) is 10.6. The fourth-order valence-corrected chi connectivity index (χ4v) is 5.37. The van der Waals surface area contributed by atoms with Crippen molar-refractivity contribution in [1.82, 2.24) is 19.8 Å². The quantitative estimate of drug-likeness (QED) is 0.208. The van der Waals surface area contributed by atoms with Crippen molar-refractivity contribution in [3.05, 3.63) is 30.3 Å². The zero-order chi connectivity index (χ0) is 29.1. The van der Waals surface area contributed by atoms with Crippen LogP contribution in [0.3, 0.4) is 0 Å². The van der Waals surface area contributed by atoms with Gasteiger partial charge in [0.05, 0.1) is 25.1 Å². The Morgan fingerprint density at radius 3 is 2.17 bits per heavy atom. The Balaban J connectivity index is 2.07. The molecule has 0 aliphatic carbocycles. The predicted octanol–water partition coefficient (Wildman–Crippen LogP) is 1.75. The first kappa shape index (κ1) is 31.7. The standard InChI is InChI=1S/C27H41N5O7S/c1-5-29(6-2)14-16-31-22(20-40-21-12-10-9-11-13-21)37-23(33)18-27(36)19-24(34)39-32(17-15-30(7-3)8-4)26(31)28-38-25(27)35/h9-13,22,36H,5-8,14-20H2,1-4H3/b28-26-. The van der Waals surface area contributed by atoms with Gasteiger partial charge in [-0.3, -0.25) is 9.69 Å². The smallest absolute Gasteiger partial charge is 0.367 e. The third-order valence-corrected chi connectivity index (χ3v) is 8.03. The number of hydrogen-bond donors (Lipinski definition) is 1. The largest absolute Gasteiger partial charge is 0.440 e. The Hall–Kier alpha value is -2.87. The number of fused-ring (bicyclic) bond motifs is 3. The number of carbonyl (C=O) groups is 3. The Morgan fingerprint density at radius 2 is 1.55 bits per heavy atom. The molecule has 2 heterocycles. The number of aliphatic hydroxyl groups is 1. The van der Waals surface area contributed by atoms with E-state index in [1.807, 2.05) is 58.0 Å². The summed E-state index contributed by atoms with van der Waals surface area (Å²) >= 11 is 1.48. The minimum absolute atomic E-state index is 0.0126. The van der Waals surface area contributed by atoms with Crippen LogP contribution in [0.1, 0.15) is 40.5 Å². The SMILES string of the molecule is CCN(CC)CCN1OC(=O)CC2(O)CC(=O)OC(CSc3ccccc3)N(CCN(CC)CC)/C1=N/OC2=O. The molecule has 0 spiro atoms. The van der Waals surface area contributed by atoms with E-state index < -0.39 is 42.6 Å². The lowest BCUT2D eigenvalue weighted by molar-refractivity contribution is -0.185. The Morgan fingerprint density at radius 1 is 0.950 bits per heavy atom. The zero-order valence-corrected chi connectivity index (χ0v) is 24.6. The third kappa shape index (κ3) is 8.56. The lowest BCUT2D eigenvalue weighted by Gasteiger charge is -2.38. The third-order valence-electron chi connectivity index (χ3n) is 6.97. The van der Waals surface area contributed by atoms with Crippen LogP contribution in [0.2, 0.25) is 0 Å². The summed E-state index contributed by atoms with van der Waals surface area (Å²) < 4.78 is 5.91. The molecular formula is C27H41N5O7S. The number of oxime groups is 1. The van der Waals surface area contributed by atoms with E-state index in [1.165, 1.54) is 16.8 Å². The van der Waals surface area contributed by atoms with E-state index in [0.717, 1.165) is 31.1 Å². The van der Waals surface area contributed by atoms with Crippen LogP contribution >= 0.6 is 11.8 Å². The van der Waals surface area contributed by atoms with Gasteiger partial charge in [-0.1, -0.05) is 45.9 Å². The van der Waals surface area contributed by atoms with Crippen molar-refractivity contribution in [2.45, 2.75) is 57.3 Å². The highest BCUT2D eigenvalue weighted by atomic mass is 32.2. The lowest BCUT2D eigenvalue weighted by atomic mass is 9.96. The van der Waals surface area contributed by atoms with Crippen molar-refractivity contribution in [3.8, 4) is 0 Å². The van der Waals surface area contributed by atoms with Gasteiger partial charge in [-0.2, -0.15) is 5.06 Å². The van der Waals surface area contributed by atoms with Gasteiger partial charge in [0.1, 0.15) is 0 Å². The summed E-state index contributed by atoms with van der Waals surface area (Å²) in [7, 11) is 0. The molecule has 2 atom stereocenters. The van der Waals surface area contributed by atoms with Crippen LogP contribution in [0.4, 0.5) is 0 Å². The molecule has 3 rings (SSSR count). The van der Waals surface area contributed by atoms with E-state index >= 15 is 0 Å². The van der Waals surface area contributed by atoms with E-state index in [-0.39, 0.29) is 12.5 Å². The number of esters is 1. The predicted molar refractivity (Wildman–Crippen MR) is 150 cm³/mol. The second kappa shape index (κ2) is 15.2. The maximum atomic E-state index is 13.1. The lowest BCUT2D eigenvalue weighted by Crippen LogP contribution is -2.55. The fourth-order valence-electron chi connectivity index (χ4n) is 4.43. The summed E-state index contributed by atoms with van der Waals surface area (Å²) in [6.07, 6.45) is -2.43. The van der Waals surface area contributed by atoms with Gasteiger partial charge >= 0.3 is 17.9 Å². The first-order chi connectivity index (χ1) is 19.2. The molecule has 2 bridgehead atoms. The highest BCUT2D eigenvalue weighted by Gasteiger charge is 2.48. The van der Waals surface area contributed by atoms with Gasteiger partial charge < -0.3 is 29.3 Å². The molecule has 2 aliphatic rings. The number of thioether (sulfide) groups is 1. The maximum absolute atomic E-state index is 13.1. The molecule has 1 aromatic rings. The number of hydrogen-bond acceptors (Lipinski definition) is 13. The van der Waals surface area contributed by atoms with Crippen molar-refractivity contribution >= 4 is 35.6 Å². The van der Waals surface area contributed by atoms with Gasteiger partial charge in [0.2, 0.25) is 0 Å². The summed E-state index contributed by atoms with van der Waals surface area (Å²) in [6, 6.07) is 9.66. The molecule has 0 fully saturated rings. The number of nitrogens with zero attached hydrogens (tertiary/aromatic N) is 5. The van der Waals surface area contributed by atoms with E-state index in [0.29, 0.717) is 25.4 Å². The summed E-state index contributed by atoms with van der Waals surface area (Å²) in [5.74, 6) is -2.63. The van der Waals surface area contributed by atoms with Crippen LogP contribution in [0, 0.1) is 0 Å². The summed E-state index contributed by atoms with van der Waals surface area (Å²) in [5, 5.41) is 16.4. The minimum atomic E-state index is -2.47. The van der Waals surface area contributed by atoms with Crippen LogP contribution in [-0.2, 0) is 28.8 Å². The van der Waals surface area contributed by atoms with Crippen molar-refractivity contribution in [2.75, 3.05) is 58.1 Å². The number of carbonyl (C=O) groups excluding carboxylic acids is 3. The van der Waals surface area contributed by atoms with Crippen molar-refractivity contribution in [3.63, 3.8) is 0 Å². The molecule has 12 nitrogen and oxygen atoms in total. The van der Waals surface area contributed by atoms with Gasteiger partial charge in [0.25, 0.3) is 5.96 Å². The number of likely N-dealkylation sites (N-methyl/N-ethyl adjacent to an activating group) is 2. The minimum Gasteiger partial charge on any atom is -0.440 e. The number of benzene rings is 1. The van der Waals surface area contributed by atoms with E-state index in [9.17, 15) is 19.5 Å². The Labute approximate surface area is 240 Å². The molecule has 0 amide bonds. The van der Waals surface area contributed by atoms with Gasteiger partial charge in [-0.15, -0.1) is 11.8 Å². The van der Waals surface area contributed by atoms with Crippen LogP contribution in [0.25, 0.3) is 0 Å². The monoisotopic (exact) mass is 579 g/mol. The van der Waals surface area contributed by atoms with Crippen LogP contribution in [-0.4, -0.2) is 119 Å². The van der Waals surface area contributed by atoms with Gasteiger partial charge in [-0.25, -0.2) is 9.59 Å². The van der Waals surface area contributed by atoms with Crippen molar-refractivity contribution in [1.29, 1.82) is 0 Å². The van der Waals surface area contributed by atoms with E-state index in [2.05, 4.69) is 15.0 Å². The molecule has 0 saturated heterocycles. The topological polar surface area (TPSA) is 124 Å². The average molecular weight is 580 g/mol. The number of cyclic esters (lactones) is 1. The van der Waals surface area contributed by atoms with Crippen LogP contribution < -0.4 is 0 Å². The van der Waals surface area contributed by atoms with Crippen molar-refractivity contribution in [2.24, 2.45) is 5.16 Å². The second-order valence-electron chi connectivity index (χ2n) is 9.54. The highest BCUT2D eigenvalue weighted by Crippen LogP contribution is 2.27. The molecule has 222 valence electrons. The molecule has 1 aromatic carbocycles. The zero-order valence-electron chi connectivity index (χ0n) is 23.8. The number of ether oxygens (including phenoxy) is 1. The van der Waals surface area contributed by atoms with Gasteiger partial charge in [0, 0.05) is 24.5 Å². The number of guanidine groups is 1. The summed E-state index contributed by atoms with van der Waals surface area (Å²) in [5.41, 5.74) is -2.47. The average Bonchev–Trinajstić information content (AvgIpc) is 2.97. The first-order valence-corrected chi connectivity index (χ1v) is 14.8. The number of rotatable bonds is 13.